The number of anilines is 2. The van der Waals surface area contributed by atoms with Gasteiger partial charge in [0, 0.05) is 40.1 Å². The molecule has 0 saturated heterocycles. The predicted octanol–water partition coefficient (Wildman–Crippen LogP) is 12.0. The Hall–Kier alpha value is -4.23. The molecular weight excluding hydrogens is 665 g/mol. The minimum Gasteiger partial charge on any atom is -0.493 e. The molecule has 0 aliphatic carbocycles. The Kier molecular flexibility index (Phi) is 15.5. The molecule has 1 aliphatic heterocycles. The van der Waals surface area contributed by atoms with Crippen molar-refractivity contribution in [1.29, 1.82) is 0 Å². The van der Waals surface area contributed by atoms with Crippen LogP contribution in [0, 0.1) is 0 Å². The van der Waals surface area contributed by atoms with E-state index in [1.807, 2.05) is 23.9 Å². The molecule has 0 fully saturated rings. The van der Waals surface area contributed by atoms with Gasteiger partial charge in [-0.2, -0.15) is 4.57 Å². The number of carboxylic acid groups (broad SMARTS) is 1. The first-order valence-electron chi connectivity index (χ1n) is 19.5. The highest BCUT2D eigenvalue weighted by Crippen LogP contribution is 2.50. The maximum atomic E-state index is 11.1. The number of hydrogen-bond acceptors (Lipinski definition) is 5. The number of ether oxygens (including phenoxy) is 2. The quantitative estimate of drug-likeness (QED) is 0.0644. The van der Waals surface area contributed by atoms with Crippen LogP contribution in [0.15, 0.2) is 88.9 Å². The fourth-order valence-corrected chi connectivity index (χ4v) is 7.71. The van der Waals surface area contributed by atoms with Gasteiger partial charge in [-0.3, -0.25) is 0 Å². The number of hydrogen-bond donors (Lipinski definition) is 1. The van der Waals surface area contributed by atoms with Gasteiger partial charge in [-0.05, 0) is 72.4 Å². The summed E-state index contributed by atoms with van der Waals surface area (Å²) in [7, 11) is 0. The average Bonchev–Trinajstić information content (AvgIpc) is 3.15. The third kappa shape index (κ3) is 11.4. The molecule has 5 rings (SSSR count). The number of nitrogens with zero attached hydrogens (tertiary/aromatic N) is 2. The molecule has 1 N–H and O–H groups in total. The van der Waals surface area contributed by atoms with Crippen LogP contribution in [0.4, 0.5) is 11.4 Å². The lowest BCUT2D eigenvalue weighted by Crippen LogP contribution is -2.36. The molecule has 6 nitrogen and oxygen atoms in total. The Balaban J connectivity index is 1.41. The lowest BCUT2D eigenvalue weighted by molar-refractivity contribution is -0.685. The highest BCUT2D eigenvalue weighted by atomic mass is 32.2. The lowest BCUT2D eigenvalue weighted by Gasteiger charge is -2.33. The summed E-state index contributed by atoms with van der Waals surface area (Å²) >= 11 is 1.84. The molecule has 1 aromatic heterocycles. The molecule has 0 spiro atoms. The van der Waals surface area contributed by atoms with Crippen LogP contribution in [0.5, 0.6) is 11.5 Å². The van der Waals surface area contributed by atoms with Crippen LogP contribution in [0.2, 0.25) is 0 Å². The Bertz CT molecular complexity index is 1750. The molecule has 276 valence electrons. The second kappa shape index (κ2) is 20.7. The normalized spacial score (nSPS) is 12.2. The maximum absolute atomic E-state index is 11.1. The van der Waals surface area contributed by atoms with Crippen molar-refractivity contribution in [2.24, 2.45) is 0 Å². The summed E-state index contributed by atoms with van der Waals surface area (Å²) in [5.74, 6) is 0.913. The highest BCUT2D eigenvalue weighted by Gasteiger charge is 2.24. The molecule has 1 aliphatic rings. The average molecular weight is 722 g/mol. The second-order valence-corrected chi connectivity index (χ2v) is 14.8. The van der Waals surface area contributed by atoms with Gasteiger partial charge in [0.2, 0.25) is 6.54 Å². The van der Waals surface area contributed by atoms with Crippen LogP contribution in [0.25, 0.3) is 23.3 Å². The van der Waals surface area contributed by atoms with Crippen molar-refractivity contribution < 1.29 is 23.9 Å². The molecule has 52 heavy (non-hydrogen) atoms. The summed E-state index contributed by atoms with van der Waals surface area (Å²) in [4.78, 5) is 16.1. The van der Waals surface area contributed by atoms with Crippen molar-refractivity contribution in [1.82, 2.24) is 0 Å². The zero-order chi connectivity index (χ0) is 36.5. The van der Waals surface area contributed by atoms with E-state index in [4.69, 9.17) is 14.6 Å². The Labute approximate surface area is 315 Å². The number of rotatable bonds is 22. The summed E-state index contributed by atoms with van der Waals surface area (Å²) < 4.78 is 14.3. The van der Waals surface area contributed by atoms with Crippen LogP contribution in [-0.4, -0.2) is 30.8 Å². The largest absolute Gasteiger partial charge is 0.493 e. The van der Waals surface area contributed by atoms with Gasteiger partial charge in [0.25, 0.3) is 0 Å². The highest BCUT2D eigenvalue weighted by molar-refractivity contribution is 7.99. The van der Waals surface area contributed by atoms with Crippen molar-refractivity contribution in [2.45, 2.75) is 114 Å². The summed E-state index contributed by atoms with van der Waals surface area (Å²) in [6.07, 6.45) is 22.0. The van der Waals surface area contributed by atoms with Gasteiger partial charge in [0.15, 0.2) is 12.4 Å². The molecule has 0 atom stereocenters. The molecule has 0 radical (unpaired) electrons. The lowest BCUT2D eigenvalue weighted by atomic mass is 10.0. The number of carboxylic acids is 1. The number of aliphatic carboxylic acids is 1. The Morgan fingerprint density at radius 2 is 1.33 bits per heavy atom. The van der Waals surface area contributed by atoms with Gasteiger partial charge in [-0.1, -0.05) is 115 Å². The molecular formula is C45H57N2O4S+. The van der Waals surface area contributed by atoms with Crippen molar-refractivity contribution in [3.8, 4) is 22.6 Å². The SMILES string of the molecule is CCCCCCOc1ccc(-c2ccc3c(c2)Sc2cc(C=Cc4cc[n+](CC(=O)O)cc4)ccc2N3CCCCCC)c(OCCCCCC)c1. The first kappa shape index (κ1) is 39.0. The van der Waals surface area contributed by atoms with E-state index in [0.29, 0.717) is 6.61 Å². The molecule has 0 unspecified atom stereocenters. The van der Waals surface area contributed by atoms with Gasteiger partial charge in [0.05, 0.1) is 24.6 Å². The van der Waals surface area contributed by atoms with E-state index in [0.717, 1.165) is 66.2 Å². The maximum Gasteiger partial charge on any atom is 0.370 e. The van der Waals surface area contributed by atoms with E-state index < -0.39 is 5.97 Å². The molecule has 0 saturated carbocycles. The number of fused-ring (bicyclic) bond motifs is 2. The zero-order valence-electron chi connectivity index (χ0n) is 31.4. The predicted molar refractivity (Wildman–Crippen MR) is 216 cm³/mol. The third-order valence-corrected chi connectivity index (χ3v) is 10.6. The second-order valence-electron chi connectivity index (χ2n) is 13.7. The standard InChI is InChI=1S/C45H56N2O4S/c1-4-7-10-13-26-47-40-22-18-36(17-16-35-24-27-46(28-25-35)34-45(48)49)31-43(40)52-44-32-37(19-23-41(44)47)39-21-20-38(50-29-14-11-8-5-2)33-42(39)51-30-15-12-9-6-3/h16-25,27-28,31-33H,4-15,26,29-30,34H2,1-3H3/p+1. The first-order valence-corrected chi connectivity index (χ1v) is 20.3. The van der Waals surface area contributed by atoms with Gasteiger partial charge in [0.1, 0.15) is 11.5 Å². The van der Waals surface area contributed by atoms with Crippen LogP contribution >= 0.6 is 11.8 Å². The first-order chi connectivity index (χ1) is 25.5. The number of aromatic nitrogens is 1. The number of benzene rings is 3. The van der Waals surface area contributed by atoms with E-state index in [9.17, 15) is 4.79 Å². The van der Waals surface area contributed by atoms with Crippen molar-refractivity contribution in [3.63, 3.8) is 0 Å². The van der Waals surface area contributed by atoms with E-state index in [1.54, 1.807) is 17.0 Å². The van der Waals surface area contributed by atoms with E-state index >= 15 is 0 Å². The third-order valence-electron chi connectivity index (χ3n) is 9.47. The Morgan fingerprint density at radius 1 is 0.692 bits per heavy atom. The summed E-state index contributed by atoms with van der Waals surface area (Å²) in [5.41, 5.74) is 6.92. The van der Waals surface area contributed by atoms with Gasteiger partial charge < -0.3 is 19.5 Å². The van der Waals surface area contributed by atoms with Gasteiger partial charge >= 0.3 is 5.97 Å². The molecule has 4 aromatic rings. The monoisotopic (exact) mass is 721 g/mol. The minimum absolute atomic E-state index is 0.0452. The van der Waals surface area contributed by atoms with E-state index in [1.165, 1.54) is 79.0 Å². The van der Waals surface area contributed by atoms with Crippen LogP contribution in [0.1, 0.15) is 109 Å². The summed E-state index contributed by atoms with van der Waals surface area (Å²) in [6, 6.07) is 23.9. The molecule has 7 heteroatoms. The fraction of sp³-hybridized carbons (Fsp3) is 0.422. The molecule has 0 amide bonds. The van der Waals surface area contributed by atoms with E-state index in [2.05, 4.69) is 92.4 Å². The molecule has 2 heterocycles. The van der Waals surface area contributed by atoms with Crippen molar-refractivity contribution in [2.75, 3.05) is 24.7 Å². The minimum atomic E-state index is -0.851. The number of carbonyl (C=O) groups is 1. The van der Waals surface area contributed by atoms with Crippen molar-refractivity contribution >= 4 is 41.3 Å². The number of pyridine rings is 1. The topological polar surface area (TPSA) is 62.9 Å². The van der Waals surface area contributed by atoms with Crippen molar-refractivity contribution in [3.05, 3.63) is 90.3 Å². The van der Waals surface area contributed by atoms with Crippen LogP contribution in [-0.2, 0) is 11.3 Å². The fourth-order valence-electron chi connectivity index (χ4n) is 6.53. The summed E-state index contributed by atoms with van der Waals surface area (Å²) in [6.45, 7) is 9.10. The summed E-state index contributed by atoms with van der Waals surface area (Å²) in [5, 5.41) is 9.08. The van der Waals surface area contributed by atoms with Crippen LogP contribution in [0.3, 0.4) is 0 Å². The zero-order valence-corrected chi connectivity index (χ0v) is 32.3. The van der Waals surface area contributed by atoms with Crippen LogP contribution < -0.4 is 18.9 Å². The number of unbranched alkanes of at least 4 members (excludes halogenated alkanes) is 9. The van der Waals surface area contributed by atoms with Gasteiger partial charge in [-0.25, -0.2) is 4.79 Å². The molecule has 3 aromatic carbocycles. The van der Waals surface area contributed by atoms with E-state index in [-0.39, 0.29) is 6.54 Å². The van der Waals surface area contributed by atoms with Gasteiger partial charge in [-0.15, -0.1) is 0 Å². The smallest absolute Gasteiger partial charge is 0.370 e. The molecule has 0 bridgehead atoms. The Morgan fingerprint density at radius 3 is 2.02 bits per heavy atom.